The Bertz CT molecular complexity index is 384. The van der Waals surface area contributed by atoms with E-state index in [-0.39, 0.29) is 15.9 Å². The molecule has 0 N–H and O–H groups in total. The second-order valence-electron chi connectivity index (χ2n) is 6.22. The standard InChI is InChI=1S/C15H25NS/c1-12-11-16-13-7-6-8-14(2,17(4)5)9-10-15(12,13)3/h11,13H,1,4,6-10H2,2-3,5H3. The molecule has 2 aliphatic rings. The Morgan fingerprint density at radius 3 is 2.71 bits per heavy atom. The van der Waals surface area contributed by atoms with Crippen LogP contribution in [0.4, 0.5) is 0 Å². The molecule has 2 heteroatoms. The molecule has 4 atom stereocenters. The van der Waals surface area contributed by atoms with Gasteiger partial charge in [-0.3, -0.25) is 4.99 Å². The smallest absolute Gasteiger partial charge is 0.0593 e. The van der Waals surface area contributed by atoms with Crippen LogP contribution in [-0.4, -0.2) is 29.1 Å². The molecule has 0 aromatic carbocycles. The molecule has 1 aliphatic heterocycles. The monoisotopic (exact) mass is 251 g/mol. The van der Waals surface area contributed by atoms with Crippen LogP contribution >= 0.6 is 10.5 Å². The average Bonchev–Trinajstić information content (AvgIpc) is 2.52. The van der Waals surface area contributed by atoms with E-state index in [0.29, 0.717) is 10.8 Å². The molecule has 0 radical (unpaired) electrons. The highest BCUT2D eigenvalue weighted by Crippen LogP contribution is 2.49. The third kappa shape index (κ3) is 2.16. The lowest BCUT2D eigenvalue weighted by Crippen LogP contribution is -2.35. The van der Waals surface area contributed by atoms with E-state index in [4.69, 9.17) is 0 Å². The van der Waals surface area contributed by atoms with Crippen LogP contribution in [0.1, 0.15) is 46.0 Å². The number of nitrogens with zero attached hydrogens (tertiary/aromatic N) is 1. The van der Waals surface area contributed by atoms with E-state index in [0.717, 1.165) is 0 Å². The zero-order chi connectivity index (χ0) is 12.7. The van der Waals surface area contributed by atoms with Gasteiger partial charge in [-0.2, -0.15) is 10.5 Å². The van der Waals surface area contributed by atoms with Gasteiger partial charge < -0.3 is 0 Å². The van der Waals surface area contributed by atoms with E-state index in [2.05, 4.69) is 37.5 Å². The molecule has 0 aromatic rings. The topological polar surface area (TPSA) is 12.4 Å². The van der Waals surface area contributed by atoms with Crippen molar-refractivity contribution in [3.8, 4) is 0 Å². The van der Waals surface area contributed by atoms with Gasteiger partial charge in [0.25, 0.3) is 0 Å². The van der Waals surface area contributed by atoms with E-state index in [9.17, 15) is 0 Å². The zero-order valence-corrected chi connectivity index (χ0v) is 12.3. The predicted molar refractivity (Wildman–Crippen MR) is 81.7 cm³/mol. The van der Waals surface area contributed by atoms with Crippen molar-refractivity contribution in [2.24, 2.45) is 10.4 Å². The summed E-state index contributed by atoms with van der Waals surface area (Å²) in [5.74, 6) is 4.31. The molecule has 0 aromatic heterocycles. The SMILES string of the molecule is C=C1C=NC2CCCC(C)(S(=C)C)CCC12C. The van der Waals surface area contributed by atoms with Crippen LogP contribution in [0.5, 0.6) is 0 Å². The number of hydrogen-bond acceptors (Lipinski definition) is 1. The summed E-state index contributed by atoms with van der Waals surface area (Å²) in [5, 5.41) is 0. The van der Waals surface area contributed by atoms with E-state index in [1.807, 2.05) is 6.21 Å². The molecule has 2 rings (SSSR count). The summed E-state index contributed by atoms with van der Waals surface area (Å²) in [6, 6.07) is 0.489. The van der Waals surface area contributed by atoms with Gasteiger partial charge in [0, 0.05) is 16.4 Å². The summed E-state index contributed by atoms with van der Waals surface area (Å²) in [7, 11) is 0.256. The van der Waals surface area contributed by atoms with Crippen LogP contribution in [0.2, 0.25) is 0 Å². The third-order valence-corrected chi connectivity index (χ3v) is 7.17. The van der Waals surface area contributed by atoms with Gasteiger partial charge in [0.1, 0.15) is 0 Å². The molecular formula is C15H25NS. The normalized spacial score (nSPS) is 43.9. The van der Waals surface area contributed by atoms with E-state index in [1.165, 1.54) is 37.7 Å². The van der Waals surface area contributed by atoms with Crippen LogP contribution in [0.25, 0.3) is 0 Å². The minimum atomic E-state index is 0.223. The maximum Gasteiger partial charge on any atom is 0.0593 e. The van der Waals surface area contributed by atoms with Gasteiger partial charge in [0.2, 0.25) is 0 Å². The molecule has 4 unspecified atom stereocenters. The summed E-state index contributed by atoms with van der Waals surface area (Å²) < 4.78 is 0.427. The highest BCUT2D eigenvalue weighted by Gasteiger charge is 2.42. The number of fused-ring (bicyclic) bond motifs is 1. The van der Waals surface area contributed by atoms with Crippen LogP contribution in [0.3, 0.4) is 0 Å². The second kappa shape index (κ2) is 4.38. The fourth-order valence-corrected chi connectivity index (χ4v) is 4.04. The highest BCUT2D eigenvalue weighted by atomic mass is 32.2. The first kappa shape index (κ1) is 13.1. The molecule has 0 spiro atoms. The largest absolute Gasteiger partial charge is 0.289 e. The number of aliphatic imine (C=N–C) groups is 1. The molecule has 0 bridgehead atoms. The van der Waals surface area contributed by atoms with Gasteiger partial charge in [0.05, 0.1) is 6.04 Å². The van der Waals surface area contributed by atoms with Gasteiger partial charge in [-0.25, -0.2) is 0 Å². The number of hydrogen-bond donors (Lipinski definition) is 0. The predicted octanol–water partition coefficient (Wildman–Crippen LogP) is 4.06. The quantitative estimate of drug-likeness (QED) is 0.623. The van der Waals surface area contributed by atoms with Crippen molar-refractivity contribution in [2.75, 3.05) is 6.26 Å². The molecule has 1 saturated carbocycles. The summed E-state index contributed by atoms with van der Waals surface area (Å²) >= 11 is 0. The first-order valence-corrected chi connectivity index (χ1v) is 8.37. The molecule has 1 fully saturated rings. The van der Waals surface area contributed by atoms with E-state index < -0.39 is 0 Å². The van der Waals surface area contributed by atoms with Gasteiger partial charge in [-0.05, 0) is 43.9 Å². The lowest BCUT2D eigenvalue weighted by atomic mass is 9.70. The van der Waals surface area contributed by atoms with Crippen molar-refractivity contribution < 1.29 is 0 Å². The van der Waals surface area contributed by atoms with Gasteiger partial charge in [-0.1, -0.05) is 26.3 Å². The Morgan fingerprint density at radius 1 is 1.35 bits per heavy atom. The van der Waals surface area contributed by atoms with Crippen molar-refractivity contribution in [1.82, 2.24) is 0 Å². The lowest BCUT2D eigenvalue weighted by Gasteiger charge is -2.40. The van der Waals surface area contributed by atoms with E-state index >= 15 is 0 Å². The average molecular weight is 251 g/mol. The van der Waals surface area contributed by atoms with Crippen LogP contribution in [0.15, 0.2) is 17.1 Å². The van der Waals surface area contributed by atoms with Crippen LogP contribution in [-0.2, 0) is 0 Å². The molecule has 17 heavy (non-hydrogen) atoms. The molecule has 0 saturated heterocycles. The minimum Gasteiger partial charge on any atom is -0.289 e. The third-order valence-electron chi connectivity index (χ3n) is 5.08. The highest BCUT2D eigenvalue weighted by molar-refractivity contribution is 8.14. The Balaban J connectivity index is 2.21. The van der Waals surface area contributed by atoms with Gasteiger partial charge in [-0.15, -0.1) is 0 Å². The summed E-state index contributed by atoms with van der Waals surface area (Å²) in [5.41, 5.74) is 1.47. The van der Waals surface area contributed by atoms with Crippen LogP contribution in [0, 0.1) is 5.41 Å². The molecule has 96 valence electrons. The molecule has 1 aliphatic carbocycles. The fourth-order valence-electron chi connectivity index (χ4n) is 3.09. The maximum absolute atomic E-state index is 4.67. The Labute approximate surface area is 108 Å². The number of rotatable bonds is 1. The molecule has 0 amide bonds. The van der Waals surface area contributed by atoms with Gasteiger partial charge >= 0.3 is 0 Å². The minimum absolute atomic E-state index is 0.223. The van der Waals surface area contributed by atoms with E-state index in [1.54, 1.807) is 0 Å². The van der Waals surface area contributed by atoms with Crippen molar-refractivity contribution in [3.05, 3.63) is 12.2 Å². The first-order valence-electron chi connectivity index (χ1n) is 6.57. The van der Waals surface area contributed by atoms with Crippen LogP contribution < -0.4 is 0 Å². The Morgan fingerprint density at radius 2 is 2.06 bits per heavy atom. The summed E-state index contributed by atoms with van der Waals surface area (Å²) in [4.78, 5) is 4.67. The Kier molecular flexibility index (Phi) is 3.37. The first-order chi connectivity index (χ1) is 7.88. The van der Waals surface area contributed by atoms with Crippen molar-refractivity contribution >= 4 is 22.6 Å². The molecule has 1 heterocycles. The second-order valence-corrected chi connectivity index (χ2v) is 8.48. The lowest BCUT2D eigenvalue weighted by molar-refractivity contribution is 0.252. The van der Waals surface area contributed by atoms with Crippen molar-refractivity contribution in [2.45, 2.75) is 56.7 Å². The summed E-state index contributed by atoms with van der Waals surface area (Å²) in [6.07, 6.45) is 10.6. The summed E-state index contributed by atoms with van der Waals surface area (Å²) in [6.45, 7) is 8.99. The van der Waals surface area contributed by atoms with Gasteiger partial charge in [0.15, 0.2) is 0 Å². The fraction of sp³-hybridized carbons (Fsp3) is 0.733. The van der Waals surface area contributed by atoms with Crippen molar-refractivity contribution in [1.29, 1.82) is 0 Å². The molecule has 1 nitrogen and oxygen atoms in total. The molecular weight excluding hydrogens is 226 g/mol. The van der Waals surface area contributed by atoms with Crippen molar-refractivity contribution in [3.63, 3.8) is 0 Å². The maximum atomic E-state index is 4.67. The zero-order valence-electron chi connectivity index (χ0n) is 11.5. The Hall–Kier alpha value is -0.370.